The van der Waals surface area contributed by atoms with E-state index in [2.05, 4.69) is 0 Å². The molecule has 1 aliphatic heterocycles. The molecule has 0 aromatic heterocycles. The van der Waals surface area contributed by atoms with Crippen LogP contribution in [0.15, 0.2) is 9.78 Å². The molecule has 0 aromatic carbocycles. The van der Waals surface area contributed by atoms with Gasteiger partial charge in [-0.3, -0.25) is 0 Å². The van der Waals surface area contributed by atoms with Crippen molar-refractivity contribution in [3.8, 4) is 0 Å². The van der Waals surface area contributed by atoms with Gasteiger partial charge in [0.2, 0.25) is 0 Å². The first-order valence-corrected chi connectivity index (χ1v) is 5.29. The summed E-state index contributed by atoms with van der Waals surface area (Å²) in [5.41, 5.74) is 4.89. The maximum absolute atomic E-state index is 11.6. The van der Waals surface area contributed by atoms with Crippen molar-refractivity contribution in [1.82, 2.24) is 4.90 Å². The molecule has 1 atom stereocenters. The zero-order chi connectivity index (χ0) is 10.9. The van der Waals surface area contributed by atoms with Gasteiger partial charge in [-0.25, -0.2) is 0 Å². The molecule has 6 heteroatoms. The molecule has 1 amide bonds. The summed E-state index contributed by atoms with van der Waals surface area (Å²) in [6.45, 7) is 5.49. The molecule has 0 saturated carbocycles. The quantitative estimate of drug-likeness (QED) is 0.607. The first kappa shape index (κ1) is 12.0. The van der Waals surface area contributed by atoms with Gasteiger partial charge in [-0.2, -0.15) is 0 Å². The third-order valence-corrected chi connectivity index (χ3v) is 2.45. The molecule has 1 heterocycles. The van der Waals surface area contributed by atoms with Crippen LogP contribution in [0.3, 0.4) is 0 Å². The minimum absolute atomic E-state index is 0.357. The molecule has 1 unspecified atom stereocenters. The van der Waals surface area contributed by atoms with Gasteiger partial charge < -0.3 is 0 Å². The van der Waals surface area contributed by atoms with Gasteiger partial charge in [0.15, 0.2) is 0 Å². The van der Waals surface area contributed by atoms with Crippen molar-refractivity contribution < 1.29 is 9.53 Å². The average Bonchev–Trinajstić information content (AvgIpc) is 2.26. The maximum atomic E-state index is 11.6. The molecular weight excluding hydrogens is 195 g/mol. The van der Waals surface area contributed by atoms with Gasteiger partial charge in [0.1, 0.15) is 0 Å². The molecule has 4 nitrogen and oxygen atoms in total. The van der Waals surface area contributed by atoms with Crippen molar-refractivity contribution >= 4 is 35.6 Å². The van der Waals surface area contributed by atoms with E-state index in [-0.39, 0.29) is 5.50 Å². The Morgan fingerprint density at radius 3 is 2.64 bits per heavy atom. The van der Waals surface area contributed by atoms with Gasteiger partial charge in [-0.15, -0.1) is 0 Å². The van der Waals surface area contributed by atoms with Crippen LogP contribution in [0.1, 0.15) is 20.8 Å². The molecular formula is C8H13LiN2O2S. The molecule has 0 aromatic rings. The number of nitrogens with zero attached hydrogens (tertiary/aromatic N) is 1. The number of amides is 1. The predicted octanol–water partition coefficient (Wildman–Crippen LogP) is 1.18. The van der Waals surface area contributed by atoms with Crippen LogP contribution >= 0.6 is 11.8 Å². The van der Waals surface area contributed by atoms with Crippen LogP contribution in [-0.2, 0) is 4.74 Å². The standard InChI is InChI=1S/C8H13N2O2S.Li/c1-8(2,3)12-7(11)10-4-5-13-6(10)9;/h4,6H,9H2,1-3H3;. The summed E-state index contributed by atoms with van der Waals surface area (Å²) in [4.78, 5) is 13.0. The number of carbonyl (C=O) groups excluding carboxylic acids is 1. The molecule has 0 fully saturated rings. The second-order valence-electron chi connectivity index (χ2n) is 4.14. The van der Waals surface area contributed by atoms with Crippen molar-refractivity contribution in [2.24, 2.45) is 5.73 Å². The van der Waals surface area contributed by atoms with Gasteiger partial charge >= 0.3 is 97.4 Å². The number of rotatable bonds is 0. The molecule has 74 valence electrons. The summed E-state index contributed by atoms with van der Waals surface area (Å²) in [5.74, 6) is 0. The van der Waals surface area contributed by atoms with E-state index in [4.69, 9.17) is 10.5 Å². The molecule has 0 bridgehead atoms. The van der Waals surface area contributed by atoms with Crippen LogP contribution in [0.5, 0.6) is 0 Å². The molecule has 0 saturated heterocycles. The first-order chi connectivity index (χ1) is 6.29. The van der Waals surface area contributed by atoms with E-state index in [0.717, 1.165) is 3.58 Å². The van der Waals surface area contributed by atoms with Crippen LogP contribution < -0.4 is 5.73 Å². The van der Waals surface area contributed by atoms with E-state index >= 15 is 0 Å². The van der Waals surface area contributed by atoms with E-state index in [1.165, 1.54) is 16.7 Å². The fourth-order valence-electron chi connectivity index (χ4n) is 1.02. The van der Waals surface area contributed by atoms with Crippen LogP contribution in [0.2, 0.25) is 0 Å². The summed E-state index contributed by atoms with van der Waals surface area (Å²) < 4.78 is 6.21. The van der Waals surface area contributed by atoms with E-state index in [9.17, 15) is 4.79 Å². The summed E-state index contributed by atoms with van der Waals surface area (Å²) >= 11 is 3.36. The van der Waals surface area contributed by atoms with Gasteiger partial charge in [-0.05, 0) is 0 Å². The van der Waals surface area contributed by atoms with Gasteiger partial charge in [0.05, 0.1) is 0 Å². The molecule has 0 spiro atoms. The predicted molar refractivity (Wildman–Crippen MR) is 57.5 cm³/mol. The Morgan fingerprint density at radius 2 is 2.29 bits per heavy atom. The second kappa shape index (κ2) is 4.19. The van der Waals surface area contributed by atoms with Gasteiger partial charge in [-0.1, -0.05) is 0 Å². The fourth-order valence-corrected chi connectivity index (χ4v) is 1.83. The number of hydrogen-bond donors (Lipinski definition) is 1. The van der Waals surface area contributed by atoms with E-state index in [1.807, 2.05) is 38.5 Å². The third-order valence-electron chi connectivity index (χ3n) is 1.51. The van der Waals surface area contributed by atoms with Crippen molar-refractivity contribution in [3.05, 3.63) is 9.78 Å². The molecule has 1 aliphatic rings. The summed E-state index contributed by atoms with van der Waals surface area (Å²) in [6.07, 6.45) is 1.32. The van der Waals surface area contributed by atoms with E-state index < -0.39 is 11.7 Å². The van der Waals surface area contributed by atoms with Crippen molar-refractivity contribution in [2.75, 3.05) is 0 Å². The first-order valence-electron chi connectivity index (χ1n) is 4.41. The number of thioether (sulfide) groups is 1. The van der Waals surface area contributed by atoms with Crippen molar-refractivity contribution in [1.29, 1.82) is 0 Å². The molecule has 14 heavy (non-hydrogen) atoms. The fraction of sp³-hybridized carbons (Fsp3) is 0.625. The Balaban J connectivity index is 2.62. The van der Waals surface area contributed by atoms with E-state index in [0.29, 0.717) is 0 Å². The SMILES string of the molecule is [Li][C]1=CN(C(=O)OC(C)(C)C)C(N)S1. The second-order valence-corrected chi connectivity index (χ2v) is 5.50. The Hall–Kier alpha value is -0.0826. The zero-order valence-corrected chi connectivity index (χ0v) is 9.72. The van der Waals surface area contributed by atoms with E-state index in [1.54, 1.807) is 6.20 Å². The van der Waals surface area contributed by atoms with Gasteiger partial charge in [0, 0.05) is 0 Å². The molecule has 0 radical (unpaired) electrons. The van der Waals surface area contributed by atoms with Gasteiger partial charge in [0.25, 0.3) is 0 Å². The average molecular weight is 208 g/mol. The summed E-state index contributed by atoms with van der Waals surface area (Å²) in [5, 5.41) is 0. The summed E-state index contributed by atoms with van der Waals surface area (Å²) in [6, 6.07) is 0. The third kappa shape index (κ3) is 3.25. The van der Waals surface area contributed by atoms with Crippen LogP contribution in [-0.4, -0.2) is 39.8 Å². The molecule has 1 rings (SSSR count). The van der Waals surface area contributed by atoms with Crippen LogP contribution in [0.25, 0.3) is 0 Å². The monoisotopic (exact) mass is 208 g/mol. The molecule has 2 N–H and O–H groups in total. The minimum atomic E-state index is -0.480. The Labute approximate surface area is 97.4 Å². The zero-order valence-electron chi connectivity index (χ0n) is 8.90. The molecule has 0 aliphatic carbocycles. The number of ether oxygens (including phenoxy) is 1. The van der Waals surface area contributed by atoms with Crippen LogP contribution in [0, 0.1) is 0 Å². The Bertz CT molecular complexity index is 275. The Kier molecular flexibility index (Phi) is 3.59. The summed E-state index contributed by atoms with van der Waals surface area (Å²) in [7, 11) is 0. The van der Waals surface area contributed by atoms with Crippen molar-refractivity contribution in [2.45, 2.75) is 31.9 Å². The normalized spacial score (nSPS) is 22.3. The Morgan fingerprint density at radius 1 is 1.71 bits per heavy atom. The van der Waals surface area contributed by atoms with Crippen molar-refractivity contribution in [3.63, 3.8) is 0 Å². The number of nitrogens with two attached hydrogens (primary N) is 1. The number of hydrogen-bond acceptors (Lipinski definition) is 4. The topological polar surface area (TPSA) is 55.6 Å². The number of carbonyl (C=O) groups is 1. The van der Waals surface area contributed by atoms with Crippen LogP contribution in [0.4, 0.5) is 4.79 Å².